The maximum absolute atomic E-state index is 13.1. The summed E-state index contributed by atoms with van der Waals surface area (Å²) >= 11 is 0. The van der Waals surface area contributed by atoms with Gasteiger partial charge in [-0.1, -0.05) is 56.2 Å². The number of aryl methyl sites for hydroxylation is 1. The van der Waals surface area contributed by atoms with Gasteiger partial charge in [-0.15, -0.1) is 0 Å². The van der Waals surface area contributed by atoms with E-state index in [1.54, 1.807) is 7.11 Å². The number of carbonyl (C=O) groups is 1. The van der Waals surface area contributed by atoms with Crippen molar-refractivity contribution >= 4 is 5.91 Å². The predicted octanol–water partition coefficient (Wildman–Crippen LogP) is 5.05. The predicted molar refractivity (Wildman–Crippen MR) is 116 cm³/mol. The zero-order chi connectivity index (χ0) is 20.9. The van der Waals surface area contributed by atoms with Crippen LogP contribution in [0, 0.1) is 6.92 Å². The highest BCUT2D eigenvalue weighted by Gasteiger charge is 2.49. The number of benzene rings is 2. The quantitative estimate of drug-likeness (QED) is 0.558. The van der Waals surface area contributed by atoms with Crippen LogP contribution in [0.3, 0.4) is 0 Å². The summed E-state index contributed by atoms with van der Waals surface area (Å²) < 4.78 is 11.6. The molecule has 156 valence electrons. The van der Waals surface area contributed by atoms with Crippen molar-refractivity contribution in [1.82, 2.24) is 4.90 Å². The molecule has 1 aliphatic rings. The minimum atomic E-state index is -0.381. The van der Waals surface area contributed by atoms with Gasteiger partial charge in [0.2, 0.25) is 5.91 Å². The van der Waals surface area contributed by atoms with Crippen LogP contribution in [0.25, 0.3) is 0 Å². The smallest absolute Gasteiger partial charge is 0.230 e. The van der Waals surface area contributed by atoms with Crippen molar-refractivity contribution in [1.29, 1.82) is 0 Å². The lowest BCUT2D eigenvalue weighted by molar-refractivity contribution is -0.174. The second kappa shape index (κ2) is 9.45. The standard InChI is InChI=1S/C25H33NO3/c1-5-6-9-16-29-25(23-11-8-7-10-19(23)2)17-26(18-25)24(27)20(3)21-12-14-22(28-4)15-13-21/h7-8,10-15,20H,5-6,9,16-18H2,1-4H3. The summed E-state index contributed by atoms with van der Waals surface area (Å²) in [5, 5.41) is 0. The third-order valence-corrected chi connectivity index (χ3v) is 5.95. The minimum absolute atomic E-state index is 0.150. The Hall–Kier alpha value is -2.33. The Bertz CT molecular complexity index is 809. The Morgan fingerprint density at radius 1 is 1.10 bits per heavy atom. The van der Waals surface area contributed by atoms with E-state index in [1.165, 1.54) is 24.0 Å². The van der Waals surface area contributed by atoms with Crippen molar-refractivity contribution in [3.05, 3.63) is 65.2 Å². The first kappa shape index (κ1) is 21.4. The largest absolute Gasteiger partial charge is 0.497 e. The SMILES string of the molecule is CCCCCOC1(c2ccccc2C)CN(C(=O)C(C)c2ccc(OC)cc2)C1. The monoisotopic (exact) mass is 395 g/mol. The van der Waals surface area contributed by atoms with Crippen LogP contribution in [0.5, 0.6) is 5.75 Å². The number of carbonyl (C=O) groups excluding carboxylic acids is 1. The van der Waals surface area contributed by atoms with Crippen LogP contribution >= 0.6 is 0 Å². The number of amides is 1. The van der Waals surface area contributed by atoms with Crippen LogP contribution in [0.4, 0.5) is 0 Å². The molecule has 4 heteroatoms. The molecule has 0 N–H and O–H groups in total. The number of methoxy groups -OCH3 is 1. The molecule has 2 aromatic carbocycles. The maximum Gasteiger partial charge on any atom is 0.230 e. The van der Waals surface area contributed by atoms with Gasteiger partial charge in [-0.3, -0.25) is 4.79 Å². The molecule has 2 aromatic rings. The van der Waals surface area contributed by atoms with Crippen LogP contribution in [0.1, 0.15) is 55.7 Å². The fourth-order valence-electron chi connectivity index (χ4n) is 4.08. The van der Waals surface area contributed by atoms with Crippen LogP contribution in [-0.2, 0) is 15.1 Å². The molecule has 0 saturated carbocycles. The molecule has 1 amide bonds. The molecule has 1 unspecified atom stereocenters. The van der Waals surface area contributed by atoms with Gasteiger partial charge in [-0.2, -0.15) is 0 Å². The lowest BCUT2D eigenvalue weighted by Crippen LogP contribution is -2.63. The van der Waals surface area contributed by atoms with Crippen LogP contribution in [0.15, 0.2) is 48.5 Å². The summed E-state index contributed by atoms with van der Waals surface area (Å²) in [5.74, 6) is 0.767. The normalized spacial score (nSPS) is 16.2. The Morgan fingerprint density at radius 2 is 1.79 bits per heavy atom. The molecule has 4 nitrogen and oxygen atoms in total. The number of ether oxygens (including phenoxy) is 2. The van der Waals surface area contributed by atoms with Crippen molar-refractivity contribution in [3.63, 3.8) is 0 Å². The zero-order valence-corrected chi connectivity index (χ0v) is 18.1. The molecule has 1 aliphatic heterocycles. The van der Waals surface area contributed by atoms with Gasteiger partial charge in [0.15, 0.2) is 0 Å². The minimum Gasteiger partial charge on any atom is -0.497 e. The van der Waals surface area contributed by atoms with E-state index in [0.717, 1.165) is 24.3 Å². The van der Waals surface area contributed by atoms with E-state index < -0.39 is 0 Å². The molecule has 0 spiro atoms. The molecular weight excluding hydrogens is 362 g/mol. The number of hydrogen-bond acceptors (Lipinski definition) is 3. The summed E-state index contributed by atoms with van der Waals surface area (Å²) in [7, 11) is 1.65. The highest BCUT2D eigenvalue weighted by molar-refractivity contribution is 5.84. The first-order chi connectivity index (χ1) is 14.0. The average molecular weight is 396 g/mol. The van der Waals surface area contributed by atoms with Gasteiger partial charge in [0.25, 0.3) is 0 Å². The van der Waals surface area contributed by atoms with E-state index in [2.05, 4.69) is 38.1 Å². The average Bonchev–Trinajstić information content (AvgIpc) is 2.72. The first-order valence-corrected chi connectivity index (χ1v) is 10.6. The number of rotatable bonds is 9. The van der Waals surface area contributed by atoms with Gasteiger partial charge in [-0.05, 0) is 49.1 Å². The van der Waals surface area contributed by atoms with E-state index in [-0.39, 0.29) is 17.4 Å². The lowest BCUT2D eigenvalue weighted by Gasteiger charge is -2.51. The molecule has 0 aliphatic carbocycles. The maximum atomic E-state index is 13.1. The first-order valence-electron chi connectivity index (χ1n) is 10.6. The highest BCUT2D eigenvalue weighted by atomic mass is 16.5. The van der Waals surface area contributed by atoms with Gasteiger partial charge in [-0.25, -0.2) is 0 Å². The molecule has 1 saturated heterocycles. The summed E-state index contributed by atoms with van der Waals surface area (Å²) in [6, 6.07) is 16.1. The second-order valence-corrected chi connectivity index (χ2v) is 8.05. The van der Waals surface area contributed by atoms with E-state index >= 15 is 0 Å². The molecule has 0 radical (unpaired) electrons. The third kappa shape index (κ3) is 4.64. The Balaban J connectivity index is 1.71. The topological polar surface area (TPSA) is 38.8 Å². The molecular formula is C25H33NO3. The Labute approximate surface area is 174 Å². The Morgan fingerprint density at radius 3 is 2.41 bits per heavy atom. The molecule has 1 atom stereocenters. The van der Waals surface area contributed by atoms with Gasteiger partial charge < -0.3 is 14.4 Å². The van der Waals surface area contributed by atoms with Crippen molar-refractivity contribution < 1.29 is 14.3 Å². The van der Waals surface area contributed by atoms with Crippen LogP contribution in [0.2, 0.25) is 0 Å². The summed E-state index contributed by atoms with van der Waals surface area (Å²) in [5.41, 5.74) is 3.05. The van der Waals surface area contributed by atoms with Crippen molar-refractivity contribution in [2.24, 2.45) is 0 Å². The van der Waals surface area contributed by atoms with Crippen molar-refractivity contribution in [3.8, 4) is 5.75 Å². The molecule has 1 heterocycles. The van der Waals surface area contributed by atoms with Crippen molar-refractivity contribution in [2.75, 3.05) is 26.8 Å². The van der Waals surface area contributed by atoms with E-state index in [0.29, 0.717) is 13.1 Å². The summed E-state index contributed by atoms with van der Waals surface area (Å²) in [4.78, 5) is 15.0. The van der Waals surface area contributed by atoms with Gasteiger partial charge in [0, 0.05) is 6.61 Å². The molecule has 3 rings (SSSR count). The number of likely N-dealkylation sites (tertiary alicyclic amines) is 1. The lowest BCUT2D eigenvalue weighted by atomic mass is 9.82. The third-order valence-electron chi connectivity index (χ3n) is 5.95. The summed E-state index contributed by atoms with van der Waals surface area (Å²) in [6.07, 6.45) is 3.39. The molecule has 1 fully saturated rings. The molecule has 0 bridgehead atoms. The number of nitrogens with zero attached hydrogens (tertiary/aromatic N) is 1. The molecule has 29 heavy (non-hydrogen) atoms. The van der Waals surface area contributed by atoms with Gasteiger partial charge in [0.1, 0.15) is 11.4 Å². The van der Waals surface area contributed by atoms with E-state index in [4.69, 9.17) is 9.47 Å². The van der Waals surface area contributed by atoms with Crippen LogP contribution < -0.4 is 4.74 Å². The highest BCUT2D eigenvalue weighted by Crippen LogP contribution is 2.39. The van der Waals surface area contributed by atoms with Gasteiger partial charge in [0.05, 0.1) is 26.1 Å². The fraction of sp³-hybridized carbons (Fsp3) is 0.480. The Kier molecular flexibility index (Phi) is 6.96. The van der Waals surface area contributed by atoms with Gasteiger partial charge >= 0.3 is 0 Å². The number of hydrogen-bond donors (Lipinski definition) is 0. The zero-order valence-electron chi connectivity index (χ0n) is 18.1. The van der Waals surface area contributed by atoms with E-state index in [9.17, 15) is 4.79 Å². The van der Waals surface area contributed by atoms with Crippen molar-refractivity contribution in [2.45, 2.75) is 51.6 Å². The molecule has 0 aromatic heterocycles. The second-order valence-electron chi connectivity index (χ2n) is 8.05. The van der Waals surface area contributed by atoms with Crippen LogP contribution in [-0.4, -0.2) is 37.6 Å². The fourth-order valence-corrected chi connectivity index (χ4v) is 4.08. The van der Waals surface area contributed by atoms with E-state index in [1.807, 2.05) is 36.1 Å². The summed E-state index contributed by atoms with van der Waals surface area (Å²) in [6.45, 7) is 8.25. The number of unbranched alkanes of at least 4 members (excludes halogenated alkanes) is 2.